The Labute approximate surface area is 184 Å². The zero-order valence-corrected chi connectivity index (χ0v) is 19.2. The molecule has 0 radical (unpaired) electrons. The lowest BCUT2D eigenvalue weighted by molar-refractivity contribution is 0.150. The van der Waals surface area contributed by atoms with Crippen molar-refractivity contribution in [1.82, 2.24) is 0 Å². The molecule has 1 aromatic carbocycles. The van der Waals surface area contributed by atoms with Crippen LogP contribution in [-0.4, -0.2) is 35.1 Å². The minimum absolute atomic E-state index is 0.0980. The maximum Gasteiger partial charge on any atom is 0.469 e. The number of ether oxygens (including phenoxy) is 2. The molecule has 0 saturated heterocycles. The number of nitrogens with two attached hydrogens (primary N) is 1. The van der Waals surface area contributed by atoms with Gasteiger partial charge in [-0.15, -0.1) is 0 Å². The van der Waals surface area contributed by atoms with E-state index in [2.05, 4.69) is 29.7 Å². The molecule has 4 atom stereocenters. The molecule has 1 unspecified atom stereocenters. The third kappa shape index (κ3) is 7.48. The second-order valence-electron chi connectivity index (χ2n) is 8.81. The molecule has 0 heterocycles. The van der Waals surface area contributed by atoms with Gasteiger partial charge in [-0.25, -0.2) is 4.57 Å². The predicted octanol–water partition coefficient (Wildman–Crippen LogP) is 4.35. The Kier molecular flexibility index (Phi) is 8.00. The molecule has 2 aliphatic carbocycles. The smallest absolute Gasteiger partial charge is 0.469 e. The van der Waals surface area contributed by atoms with E-state index in [1.54, 1.807) is 7.11 Å². The average Bonchev–Trinajstić information content (AvgIpc) is 3.13. The van der Waals surface area contributed by atoms with Crippen LogP contribution in [0.25, 0.3) is 0 Å². The molecule has 3 rings (SSSR count). The normalized spacial score (nSPS) is 27.1. The third-order valence-electron chi connectivity index (χ3n) is 6.24. The van der Waals surface area contributed by atoms with Crippen LogP contribution in [0.3, 0.4) is 0 Å². The van der Waals surface area contributed by atoms with E-state index in [1.165, 1.54) is 5.57 Å². The maximum absolute atomic E-state index is 11.0. The summed E-state index contributed by atoms with van der Waals surface area (Å²) in [5.41, 5.74) is 6.99. The Morgan fingerprint density at radius 1 is 1.32 bits per heavy atom. The van der Waals surface area contributed by atoms with Gasteiger partial charge in [0.25, 0.3) is 0 Å². The van der Waals surface area contributed by atoms with Crippen molar-refractivity contribution in [2.45, 2.75) is 57.1 Å². The highest BCUT2D eigenvalue weighted by atomic mass is 31.2. The van der Waals surface area contributed by atoms with E-state index in [4.69, 9.17) is 25.0 Å². The summed E-state index contributed by atoms with van der Waals surface area (Å²) in [6.45, 7) is 1.98. The van der Waals surface area contributed by atoms with Gasteiger partial charge in [-0.2, -0.15) is 0 Å². The molecule has 0 bridgehead atoms. The molecular formula is C23H34NO6P. The largest absolute Gasteiger partial charge is 0.497 e. The summed E-state index contributed by atoms with van der Waals surface area (Å²) in [4.78, 5) is 17.9. The van der Waals surface area contributed by atoms with Crippen molar-refractivity contribution in [1.29, 1.82) is 0 Å². The summed E-state index contributed by atoms with van der Waals surface area (Å²) in [6, 6.07) is 7.65. The van der Waals surface area contributed by atoms with E-state index in [9.17, 15) is 4.57 Å². The van der Waals surface area contributed by atoms with E-state index in [0.717, 1.165) is 50.0 Å². The molecule has 0 aromatic heterocycles. The van der Waals surface area contributed by atoms with Crippen molar-refractivity contribution in [3.8, 4) is 11.5 Å². The highest BCUT2D eigenvalue weighted by Gasteiger charge is 2.40. The lowest BCUT2D eigenvalue weighted by atomic mass is 9.82. The standard InChI is InChI=1S/C23H34NO6P/c1-17(30-22-5-3-4-21(14-22)28-2)6-7-18-8-10-19(11-9-18)20-12-13-23(24,15-20)16-29-31(25,26)27/h3-5,8-10,14,17,19-20H,6-7,11-13,15-16,24H2,1-2H3,(H2,25,26,27)/t17-,19?,20+,23+/m0/s1. The summed E-state index contributed by atoms with van der Waals surface area (Å²) < 4.78 is 26.9. The number of allylic oxidation sites excluding steroid dienone is 4. The van der Waals surface area contributed by atoms with Gasteiger partial charge in [0.2, 0.25) is 0 Å². The predicted molar refractivity (Wildman–Crippen MR) is 120 cm³/mol. The topological polar surface area (TPSA) is 111 Å². The summed E-state index contributed by atoms with van der Waals surface area (Å²) in [5, 5.41) is 0. The highest BCUT2D eigenvalue weighted by Crippen LogP contribution is 2.44. The zero-order chi connectivity index (χ0) is 22.5. The van der Waals surface area contributed by atoms with Crippen LogP contribution in [-0.2, 0) is 9.09 Å². The molecule has 4 N–H and O–H groups in total. The zero-order valence-electron chi connectivity index (χ0n) is 18.3. The van der Waals surface area contributed by atoms with Gasteiger partial charge in [0.15, 0.2) is 0 Å². The van der Waals surface area contributed by atoms with Gasteiger partial charge in [-0.3, -0.25) is 4.52 Å². The number of hydrogen-bond acceptors (Lipinski definition) is 5. The van der Waals surface area contributed by atoms with Gasteiger partial charge in [-0.1, -0.05) is 29.9 Å². The Morgan fingerprint density at radius 2 is 2.10 bits per heavy atom. The van der Waals surface area contributed by atoms with Gasteiger partial charge >= 0.3 is 7.82 Å². The Hall–Kier alpha value is -1.63. The summed E-state index contributed by atoms with van der Waals surface area (Å²) >= 11 is 0. The fourth-order valence-electron chi connectivity index (χ4n) is 4.46. The van der Waals surface area contributed by atoms with Crippen molar-refractivity contribution in [2.75, 3.05) is 13.7 Å². The van der Waals surface area contributed by atoms with Crippen LogP contribution in [0.1, 0.15) is 45.4 Å². The summed E-state index contributed by atoms with van der Waals surface area (Å²) in [5.74, 6) is 2.43. The van der Waals surface area contributed by atoms with Gasteiger partial charge in [-0.05, 0) is 69.4 Å². The van der Waals surface area contributed by atoms with Crippen LogP contribution < -0.4 is 15.2 Å². The summed E-state index contributed by atoms with van der Waals surface area (Å²) in [7, 11) is -2.84. The molecule has 0 aliphatic heterocycles. The molecule has 7 nitrogen and oxygen atoms in total. The maximum atomic E-state index is 11.0. The fraction of sp³-hybridized carbons (Fsp3) is 0.565. The minimum atomic E-state index is -4.48. The van der Waals surface area contributed by atoms with E-state index < -0.39 is 13.4 Å². The van der Waals surface area contributed by atoms with Crippen LogP contribution in [0, 0.1) is 11.8 Å². The van der Waals surface area contributed by atoms with E-state index >= 15 is 0 Å². The Morgan fingerprint density at radius 3 is 2.77 bits per heavy atom. The molecule has 8 heteroatoms. The molecule has 2 aliphatic rings. The average molecular weight is 452 g/mol. The monoisotopic (exact) mass is 451 g/mol. The Bertz CT molecular complexity index is 850. The first kappa shape index (κ1) is 24.0. The van der Waals surface area contributed by atoms with E-state index in [0.29, 0.717) is 11.8 Å². The third-order valence-corrected chi connectivity index (χ3v) is 6.70. The molecule has 1 saturated carbocycles. The number of methoxy groups -OCH3 is 1. The van der Waals surface area contributed by atoms with E-state index in [1.807, 2.05) is 24.3 Å². The molecule has 31 heavy (non-hydrogen) atoms. The first-order valence-electron chi connectivity index (χ1n) is 10.8. The second-order valence-corrected chi connectivity index (χ2v) is 10.1. The first-order valence-corrected chi connectivity index (χ1v) is 12.4. The Balaban J connectivity index is 1.42. The second kappa shape index (κ2) is 10.3. The van der Waals surface area contributed by atoms with Crippen molar-refractivity contribution in [3.05, 3.63) is 48.1 Å². The lowest BCUT2D eigenvalue weighted by Gasteiger charge is -2.27. The van der Waals surface area contributed by atoms with Crippen LogP contribution in [0.5, 0.6) is 11.5 Å². The van der Waals surface area contributed by atoms with Crippen LogP contribution in [0.2, 0.25) is 0 Å². The molecule has 0 spiro atoms. The van der Waals surface area contributed by atoms with Crippen molar-refractivity contribution < 1.29 is 28.3 Å². The molecule has 1 fully saturated rings. The van der Waals surface area contributed by atoms with Gasteiger partial charge < -0.3 is 25.0 Å². The van der Waals surface area contributed by atoms with Crippen LogP contribution >= 0.6 is 7.82 Å². The van der Waals surface area contributed by atoms with Crippen molar-refractivity contribution in [3.63, 3.8) is 0 Å². The van der Waals surface area contributed by atoms with Crippen molar-refractivity contribution >= 4 is 7.82 Å². The molecule has 172 valence electrons. The van der Waals surface area contributed by atoms with Crippen LogP contribution in [0.4, 0.5) is 0 Å². The quantitative estimate of drug-likeness (QED) is 0.454. The van der Waals surface area contributed by atoms with Gasteiger partial charge in [0.05, 0.1) is 19.8 Å². The lowest BCUT2D eigenvalue weighted by Crippen LogP contribution is -2.42. The number of benzene rings is 1. The first-order chi connectivity index (χ1) is 14.7. The van der Waals surface area contributed by atoms with Crippen molar-refractivity contribution in [2.24, 2.45) is 17.6 Å². The number of phosphoric ester groups is 1. The molecule has 1 aromatic rings. The highest BCUT2D eigenvalue weighted by molar-refractivity contribution is 7.46. The van der Waals surface area contributed by atoms with Crippen LogP contribution in [0.15, 0.2) is 48.1 Å². The number of phosphoric acid groups is 1. The summed E-state index contributed by atoms with van der Waals surface area (Å²) in [6.07, 6.45) is 12.1. The fourth-order valence-corrected chi connectivity index (χ4v) is 4.89. The van der Waals surface area contributed by atoms with E-state index in [-0.39, 0.29) is 12.7 Å². The SMILES string of the molecule is COc1cccc(O[C@@H](C)CCC2=CCC([C@@H]3CC[C@](N)(COP(=O)(O)O)C3)C=C2)c1. The van der Waals surface area contributed by atoms with Gasteiger partial charge in [0, 0.05) is 11.6 Å². The van der Waals surface area contributed by atoms with Gasteiger partial charge in [0.1, 0.15) is 11.5 Å². The minimum Gasteiger partial charge on any atom is -0.497 e. The molecule has 0 amide bonds. The number of hydrogen-bond donors (Lipinski definition) is 3. The number of rotatable bonds is 10. The molecular weight excluding hydrogens is 417 g/mol.